The zero-order valence-corrected chi connectivity index (χ0v) is 12.8. The van der Waals surface area contributed by atoms with Crippen LogP contribution in [0.4, 0.5) is 16.2 Å². The lowest BCUT2D eigenvalue weighted by Crippen LogP contribution is -2.21. The minimum absolute atomic E-state index is 0.384. The fourth-order valence-electron chi connectivity index (χ4n) is 1.84. The minimum atomic E-state index is -0.459. The molecular formula is C15H16N2O3S. The van der Waals surface area contributed by atoms with Crippen LogP contribution in [-0.4, -0.2) is 19.1 Å². The van der Waals surface area contributed by atoms with Crippen LogP contribution >= 0.6 is 11.3 Å². The SMILES string of the molecule is COC(=O)c1scc(C)c1NC(=O)Nc1cccc(C)c1. The molecule has 2 amide bonds. The van der Waals surface area contributed by atoms with E-state index >= 15 is 0 Å². The molecule has 0 spiro atoms. The Labute approximate surface area is 126 Å². The maximum atomic E-state index is 12.0. The number of nitrogens with one attached hydrogen (secondary N) is 2. The van der Waals surface area contributed by atoms with E-state index in [4.69, 9.17) is 4.74 Å². The first-order chi connectivity index (χ1) is 10.0. The first kappa shape index (κ1) is 15.1. The molecule has 0 aliphatic rings. The maximum Gasteiger partial charge on any atom is 0.350 e. The Hall–Kier alpha value is -2.34. The molecule has 0 bridgehead atoms. The summed E-state index contributed by atoms with van der Waals surface area (Å²) >= 11 is 1.24. The number of hydrogen-bond acceptors (Lipinski definition) is 4. The molecule has 5 nitrogen and oxygen atoms in total. The molecule has 6 heteroatoms. The first-order valence-corrected chi connectivity index (χ1v) is 7.20. The van der Waals surface area contributed by atoms with Crippen molar-refractivity contribution in [2.45, 2.75) is 13.8 Å². The van der Waals surface area contributed by atoms with Gasteiger partial charge in [-0.3, -0.25) is 0 Å². The number of urea groups is 1. The lowest BCUT2D eigenvalue weighted by molar-refractivity contribution is 0.0607. The summed E-state index contributed by atoms with van der Waals surface area (Å²) in [5.74, 6) is -0.459. The number of methoxy groups -OCH3 is 1. The summed E-state index contributed by atoms with van der Waals surface area (Å²) in [7, 11) is 1.31. The Balaban J connectivity index is 2.13. The third-order valence-electron chi connectivity index (χ3n) is 2.86. The number of aryl methyl sites for hydroxylation is 2. The van der Waals surface area contributed by atoms with Gasteiger partial charge in [0.15, 0.2) is 0 Å². The normalized spacial score (nSPS) is 10.0. The number of thiophene rings is 1. The van der Waals surface area contributed by atoms with Crippen LogP contribution in [0.2, 0.25) is 0 Å². The van der Waals surface area contributed by atoms with E-state index in [-0.39, 0.29) is 0 Å². The van der Waals surface area contributed by atoms with Gasteiger partial charge in [0.2, 0.25) is 0 Å². The highest BCUT2D eigenvalue weighted by Gasteiger charge is 2.18. The van der Waals surface area contributed by atoms with Gasteiger partial charge in [-0.25, -0.2) is 9.59 Å². The summed E-state index contributed by atoms with van der Waals surface area (Å²) in [5.41, 5.74) is 3.05. The predicted octanol–water partition coefficient (Wildman–Crippen LogP) is 3.80. The van der Waals surface area contributed by atoms with Gasteiger partial charge in [-0.2, -0.15) is 0 Å². The molecule has 0 unspecified atom stereocenters. The van der Waals surface area contributed by atoms with Crippen LogP contribution in [0.25, 0.3) is 0 Å². The van der Waals surface area contributed by atoms with E-state index in [0.717, 1.165) is 11.1 Å². The van der Waals surface area contributed by atoms with Gasteiger partial charge in [0.25, 0.3) is 0 Å². The molecule has 0 fully saturated rings. The van der Waals surface area contributed by atoms with Crippen molar-refractivity contribution >= 4 is 34.7 Å². The summed E-state index contributed by atoms with van der Waals surface area (Å²) in [6.45, 7) is 3.77. The topological polar surface area (TPSA) is 67.4 Å². The fourth-order valence-corrected chi connectivity index (χ4v) is 2.76. The van der Waals surface area contributed by atoms with Gasteiger partial charge in [0, 0.05) is 5.69 Å². The Kier molecular flexibility index (Phi) is 4.59. The molecule has 2 N–H and O–H groups in total. The van der Waals surface area contributed by atoms with Gasteiger partial charge in [-0.05, 0) is 42.5 Å². The molecule has 0 aliphatic heterocycles. The molecule has 0 saturated heterocycles. The smallest absolute Gasteiger partial charge is 0.350 e. The minimum Gasteiger partial charge on any atom is -0.465 e. The maximum absolute atomic E-state index is 12.0. The lowest BCUT2D eigenvalue weighted by atomic mass is 10.2. The highest BCUT2D eigenvalue weighted by Crippen LogP contribution is 2.28. The van der Waals surface area contributed by atoms with Crippen molar-refractivity contribution in [3.63, 3.8) is 0 Å². The Morgan fingerprint density at radius 1 is 1.19 bits per heavy atom. The second kappa shape index (κ2) is 6.41. The van der Waals surface area contributed by atoms with Crippen molar-refractivity contribution in [2.75, 3.05) is 17.7 Å². The van der Waals surface area contributed by atoms with Crippen LogP contribution in [0.3, 0.4) is 0 Å². The number of carbonyl (C=O) groups excluding carboxylic acids is 2. The molecule has 2 aromatic rings. The van der Waals surface area contributed by atoms with E-state index in [1.807, 2.05) is 32.0 Å². The van der Waals surface area contributed by atoms with E-state index in [0.29, 0.717) is 16.3 Å². The van der Waals surface area contributed by atoms with E-state index < -0.39 is 12.0 Å². The van der Waals surface area contributed by atoms with Crippen molar-refractivity contribution < 1.29 is 14.3 Å². The monoisotopic (exact) mass is 304 g/mol. The molecule has 110 valence electrons. The van der Waals surface area contributed by atoms with E-state index in [9.17, 15) is 9.59 Å². The second-order valence-electron chi connectivity index (χ2n) is 4.56. The molecule has 0 aliphatic carbocycles. The number of benzene rings is 1. The zero-order valence-electron chi connectivity index (χ0n) is 12.0. The molecular weight excluding hydrogens is 288 g/mol. The number of amides is 2. The van der Waals surface area contributed by atoms with E-state index in [2.05, 4.69) is 10.6 Å². The molecule has 1 aromatic heterocycles. The van der Waals surface area contributed by atoms with Crippen molar-refractivity contribution in [3.8, 4) is 0 Å². The Morgan fingerprint density at radius 3 is 2.62 bits per heavy atom. The van der Waals surface area contributed by atoms with Crippen molar-refractivity contribution in [1.29, 1.82) is 0 Å². The van der Waals surface area contributed by atoms with Crippen LogP contribution in [0, 0.1) is 13.8 Å². The Morgan fingerprint density at radius 2 is 1.95 bits per heavy atom. The zero-order chi connectivity index (χ0) is 15.4. The summed E-state index contributed by atoms with van der Waals surface area (Å²) < 4.78 is 4.71. The standard InChI is InChI=1S/C15H16N2O3S/c1-9-5-4-6-11(7-9)16-15(19)17-12-10(2)8-21-13(12)14(18)20-3/h4-8H,1-3H3,(H2,16,17,19). The van der Waals surface area contributed by atoms with E-state index in [1.165, 1.54) is 18.4 Å². The van der Waals surface area contributed by atoms with Crippen molar-refractivity contribution in [3.05, 3.63) is 45.6 Å². The van der Waals surface area contributed by atoms with Crippen LogP contribution in [0.1, 0.15) is 20.8 Å². The van der Waals surface area contributed by atoms with Gasteiger partial charge in [0.1, 0.15) is 4.88 Å². The molecule has 1 heterocycles. The summed E-state index contributed by atoms with van der Waals surface area (Å²) in [4.78, 5) is 24.1. The van der Waals surface area contributed by atoms with Gasteiger partial charge >= 0.3 is 12.0 Å². The summed E-state index contributed by atoms with van der Waals surface area (Å²) in [6, 6.07) is 7.07. The van der Waals surface area contributed by atoms with Gasteiger partial charge < -0.3 is 15.4 Å². The number of rotatable bonds is 3. The van der Waals surface area contributed by atoms with Crippen molar-refractivity contribution in [1.82, 2.24) is 0 Å². The van der Waals surface area contributed by atoms with Crippen molar-refractivity contribution in [2.24, 2.45) is 0 Å². The van der Waals surface area contributed by atoms with E-state index in [1.54, 1.807) is 11.4 Å². The predicted molar refractivity (Wildman–Crippen MR) is 84.2 cm³/mol. The fraction of sp³-hybridized carbons (Fsp3) is 0.200. The average molecular weight is 304 g/mol. The number of esters is 1. The summed E-state index contributed by atoms with van der Waals surface area (Å²) in [5, 5.41) is 7.24. The number of hydrogen-bond donors (Lipinski definition) is 2. The van der Waals surface area contributed by atoms with Gasteiger partial charge in [-0.15, -0.1) is 11.3 Å². The largest absolute Gasteiger partial charge is 0.465 e. The highest BCUT2D eigenvalue weighted by atomic mass is 32.1. The van der Waals surface area contributed by atoms with Crippen LogP contribution in [0.5, 0.6) is 0 Å². The lowest BCUT2D eigenvalue weighted by Gasteiger charge is -2.09. The van der Waals surface area contributed by atoms with Crippen LogP contribution in [0.15, 0.2) is 29.6 Å². The highest BCUT2D eigenvalue weighted by molar-refractivity contribution is 7.12. The molecule has 2 rings (SSSR count). The third-order valence-corrected chi connectivity index (χ3v) is 3.94. The van der Waals surface area contributed by atoms with Crippen LogP contribution < -0.4 is 10.6 Å². The second-order valence-corrected chi connectivity index (χ2v) is 5.44. The average Bonchev–Trinajstić information content (AvgIpc) is 2.79. The molecule has 0 atom stereocenters. The molecule has 0 radical (unpaired) electrons. The van der Waals surface area contributed by atoms with Gasteiger partial charge in [-0.1, -0.05) is 12.1 Å². The third kappa shape index (κ3) is 3.61. The molecule has 1 aromatic carbocycles. The molecule has 21 heavy (non-hydrogen) atoms. The van der Waals surface area contributed by atoms with Gasteiger partial charge in [0.05, 0.1) is 12.8 Å². The molecule has 0 saturated carbocycles. The number of carbonyl (C=O) groups is 2. The summed E-state index contributed by atoms with van der Waals surface area (Å²) in [6.07, 6.45) is 0. The number of ether oxygens (including phenoxy) is 1. The van der Waals surface area contributed by atoms with Crippen LogP contribution in [-0.2, 0) is 4.74 Å². The number of anilines is 2. The Bertz CT molecular complexity index is 679. The first-order valence-electron chi connectivity index (χ1n) is 6.32. The quantitative estimate of drug-likeness (QED) is 0.848.